The van der Waals surface area contributed by atoms with Crippen LogP contribution in [0.25, 0.3) is 11.1 Å². The van der Waals surface area contributed by atoms with Crippen LogP contribution in [0.5, 0.6) is 0 Å². The average Bonchev–Trinajstić information content (AvgIpc) is 2.32. The van der Waals surface area contributed by atoms with E-state index < -0.39 is 11.8 Å². The third-order valence-corrected chi connectivity index (χ3v) is 2.57. The van der Waals surface area contributed by atoms with E-state index in [4.69, 9.17) is 16.7 Å². The fourth-order valence-corrected chi connectivity index (χ4v) is 1.66. The van der Waals surface area contributed by atoms with Gasteiger partial charge in [0.2, 0.25) is 0 Å². The minimum atomic E-state index is -1.07. The smallest absolute Gasteiger partial charge is 0.336 e. The quantitative estimate of drug-likeness (QED) is 0.891. The number of carbonyl (C=O) groups is 1. The second-order valence-electron chi connectivity index (χ2n) is 3.36. The first kappa shape index (κ1) is 11.5. The van der Waals surface area contributed by atoms with Crippen molar-refractivity contribution in [2.75, 3.05) is 0 Å². The Morgan fingerprint density at radius 3 is 2.76 bits per heavy atom. The van der Waals surface area contributed by atoms with Gasteiger partial charge in [-0.3, -0.25) is 4.98 Å². The molecule has 0 amide bonds. The lowest BCUT2D eigenvalue weighted by molar-refractivity contribution is 0.0697. The summed E-state index contributed by atoms with van der Waals surface area (Å²) in [6.45, 7) is 0. The van der Waals surface area contributed by atoms with E-state index in [1.807, 2.05) is 0 Å². The van der Waals surface area contributed by atoms with E-state index in [0.717, 1.165) is 0 Å². The van der Waals surface area contributed by atoms with Crippen LogP contribution >= 0.6 is 11.6 Å². The molecule has 0 aliphatic rings. The zero-order valence-corrected chi connectivity index (χ0v) is 9.28. The summed E-state index contributed by atoms with van der Waals surface area (Å²) >= 11 is 5.65. The number of carboxylic acids is 1. The van der Waals surface area contributed by atoms with Crippen molar-refractivity contribution in [1.82, 2.24) is 4.98 Å². The molecule has 3 nitrogen and oxygen atoms in total. The minimum absolute atomic E-state index is 0.0531. The van der Waals surface area contributed by atoms with Gasteiger partial charge in [-0.1, -0.05) is 17.7 Å². The fraction of sp³-hybridized carbons (Fsp3) is 0. The molecular formula is C12H7ClFNO2. The van der Waals surface area contributed by atoms with Gasteiger partial charge in [0.25, 0.3) is 0 Å². The highest BCUT2D eigenvalue weighted by Gasteiger charge is 2.12. The molecule has 0 aliphatic carbocycles. The van der Waals surface area contributed by atoms with Crippen molar-refractivity contribution in [3.63, 3.8) is 0 Å². The summed E-state index contributed by atoms with van der Waals surface area (Å²) in [4.78, 5) is 14.9. The van der Waals surface area contributed by atoms with E-state index >= 15 is 0 Å². The second kappa shape index (κ2) is 4.51. The minimum Gasteiger partial charge on any atom is -0.478 e. The lowest BCUT2D eigenvalue weighted by atomic mass is 10.0. The molecule has 2 aromatic rings. The van der Waals surface area contributed by atoms with E-state index in [9.17, 15) is 9.18 Å². The third-order valence-electron chi connectivity index (χ3n) is 2.28. The van der Waals surface area contributed by atoms with Crippen LogP contribution in [0, 0.1) is 5.82 Å². The van der Waals surface area contributed by atoms with Crippen molar-refractivity contribution in [3.8, 4) is 11.1 Å². The average molecular weight is 252 g/mol. The molecule has 0 bridgehead atoms. The van der Waals surface area contributed by atoms with Crippen LogP contribution in [0.1, 0.15) is 10.4 Å². The maximum Gasteiger partial charge on any atom is 0.336 e. The number of aromatic nitrogens is 1. The SMILES string of the molecule is O=C(O)c1ccncc1-c1ccc(F)c(Cl)c1. The van der Waals surface area contributed by atoms with E-state index in [1.165, 1.54) is 36.7 Å². The summed E-state index contributed by atoms with van der Waals surface area (Å²) in [6.07, 6.45) is 2.80. The molecule has 0 atom stereocenters. The Hall–Kier alpha value is -1.94. The Morgan fingerprint density at radius 1 is 1.35 bits per heavy atom. The van der Waals surface area contributed by atoms with Crippen LogP contribution in [0.4, 0.5) is 4.39 Å². The van der Waals surface area contributed by atoms with Crippen LogP contribution in [0.3, 0.4) is 0 Å². The Labute approximate surface area is 101 Å². The molecule has 17 heavy (non-hydrogen) atoms. The molecule has 1 aromatic heterocycles. The molecule has 1 heterocycles. The maximum atomic E-state index is 13.0. The van der Waals surface area contributed by atoms with Crippen LogP contribution in [-0.2, 0) is 0 Å². The predicted octanol–water partition coefficient (Wildman–Crippen LogP) is 3.24. The summed E-state index contributed by atoms with van der Waals surface area (Å²) in [5.74, 6) is -1.61. The van der Waals surface area contributed by atoms with Gasteiger partial charge in [-0.25, -0.2) is 9.18 Å². The third kappa shape index (κ3) is 2.26. The molecule has 2 rings (SSSR count). The monoisotopic (exact) mass is 251 g/mol. The zero-order valence-electron chi connectivity index (χ0n) is 8.52. The van der Waals surface area contributed by atoms with Crippen molar-refractivity contribution in [2.45, 2.75) is 0 Å². The summed E-state index contributed by atoms with van der Waals surface area (Å²) in [6, 6.07) is 5.41. The molecule has 86 valence electrons. The van der Waals surface area contributed by atoms with Gasteiger partial charge in [0, 0.05) is 18.0 Å². The Morgan fingerprint density at radius 2 is 2.12 bits per heavy atom. The highest BCUT2D eigenvalue weighted by Crippen LogP contribution is 2.26. The fourth-order valence-electron chi connectivity index (χ4n) is 1.47. The molecule has 0 unspecified atom stereocenters. The van der Waals surface area contributed by atoms with Gasteiger partial charge < -0.3 is 5.11 Å². The number of nitrogens with zero attached hydrogens (tertiary/aromatic N) is 1. The van der Waals surface area contributed by atoms with Crippen molar-refractivity contribution in [3.05, 3.63) is 53.1 Å². The molecule has 0 spiro atoms. The first-order valence-corrected chi connectivity index (χ1v) is 5.10. The highest BCUT2D eigenvalue weighted by atomic mass is 35.5. The van der Waals surface area contributed by atoms with Crippen LogP contribution in [0.15, 0.2) is 36.7 Å². The first-order valence-electron chi connectivity index (χ1n) is 4.72. The van der Waals surface area contributed by atoms with Gasteiger partial charge in [-0.2, -0.15) is 0 Å². The molecule has 5 heteroatoms. The summed E-state index contributed by atoms with van der Waals surface area (Å²) in [5.41, 5.74) is 1.02. The molecular weight excluding hydrogens is 245 g/mol. The zero-order chi connectivity index (χ0) is 12.4. The van der Waals surface area contributed by atoms with Gasteiger partial charge >= 0.3 is 5.97 Å². The number of hydrogen-bond acceptors (Lipinski definition) is 2. The van der Waals surface area contributed by atoms with E-state index in [2.05, 4.69) is 4.98 Å². The van der Waals surface area contributed by atoms with Gasteiger partial charge in [0.05, 0.1) is 10.6 Å². The van der Waals surface area contributed by atoms with E-state index in [0.29, 0.717) is 11.1 Å². The second-order valence-corrected chi connectivity index (χ2v) is 3.76. The largest absolute Gasteiger partial charge is 0.478 e. The molecule has 0 radical (unpaired) electrons. The van der Waals surface area contributed by atoms with Gasteiger partial charge in [-0.15, -0.1) is 0 Å². The molecule has 0 saturated carbocycles. The molecule has 0 saturated heterocycles. The van der Waals surface area contributed by atoms with Crippen molar-refractivity contribution < 1.29 is 14.3 Å². The number of rotatable bonds is 2. The van der Waals surface area contributed by atoms with Crippen LogP contribution in [-0.4, -0.2) is 16.1 Å². The van der Waals surface area contributed by atoms with Crippen molar-refractivity contribution >= 4 is 17.6 Å². The van der Waals surface area contributed by atoms with Crippen LogP contribution in [0.2, 0.25) is 5.02 Å². The number of hydrogen-bond donors (Lipinski definition) is 1. The number of aromatic carboxylic acids is 1. The lowest BCUT2D eigenvalue weighted by Crippen LogP contribution is -2.00. The summed E-state index contributed by atoms with van der Waals surface area (Å²) in [5, 5.41) is 8.96. The maximum absolute atomic E-state index is 13.0. The predicted molar refractivity (Wildman–Crippen MR) is 61.6 cm³/mol. The van der Waals surface area contributed by atoms with E-state index in [-0.39, 0.29) is 10.6 Å². The van der Waals surface area contributed by atoms with Crippen molar-refractivity contribution in [1.29, 1.82) is 0 Å². The normalized spacial score (nSPS) is 10.2. The molecule has 1 aromatic carbocycles. The van der Waals surface area contributed by atoms with Crippen molar-refractivity contribution in [2.24, 2.45) is 0 Å². The summed E-state index contributed by atoms with van der Waals surface area (Å²) in [7, 11) is 0. The highest BCUT2D eigenvalue weighted by molar-refractivity contribution is 6.31. The Bertz CT molecular complexity index is 586. The Balaban J connectivity index is 2.60. The number of pyridine rings is 1. The molecule has 0 fully saturated rings. The van der Waals surface area contributed by atoms with Crippen LogP contribution < -0.4 is 0 Å². The summed E-state index contributed by atoms with van der Waals surface area (Å²) < 4.78 is 13.0. The number of benzene rings is 1. The Kier molecular flexibility index (Phi) is 3.06. The van der Waals surface area contributed by atoms with Gasteiger partial charge in [0.1, 0.15) is 5.82 Å². The standard InChI is InChI=1S/C12H7ClFNO2/c13-10-5-7(1-2-11(10)14)9-6-15-4-3-8(9)12(16)17/h1-6H,(H,16,17). The van der Waals surface area contributed by atoms with Gasteiger partial charge in [0.15, 0.2) is 0 Å². The van der Waals surface area contributed by atoms with Gasteiger partial charge in [-0.05, 0) is 23.8 Å². The van der Waals surface area contributed by atoms with E-state index in [1.54, 1.807) is 0 Å². The molecule has 0 aliphatic heterocycles. The number of halogens is 2. The lowest BCUT2D eigenvalue weighted by Gasteiger charge is -2.06. The molecule has 1 N–H and O–H groups in total. The first-order chi connectivity index (χ1) is 8.09. The topological polar surface area (TPSA) is 50.2 Å². The number of carboxylic acid groups (broad SMARTS) is 1.